The van der Waals surface area contributed by atoms with Crippen LogP contribution >= 0.6 is 0 Å². The van der Waals surface area contributed by atoms with Crippen molar-refractivity contribution in [2.24, 2.45) is 5.73 Å². The van der Waals surface area contributed by atoms with Crippen molar-refractivity contribution in [3.63, 3.8) is 0 Å². The summed E-state index contributed by atoms with van der Waals surface area (Å²) in [5.74, 6) is -0.389. The number of nitrogens with one attached hydrogen (secondary N) is 2. The predicted octanol–water partition coefficient (Wildman–Crippen LogP) is -2.93. The largest absolute Gasteiger partial charge is 0.388 e. The maximum Gasteiger partial charge on any atom is 0.220 e. The van der Waals surface area contributed by atoms with Crippen molar-refractivity contribution >= 4 is 11.8 Å². The number of amides is 2. The van der Waals surface area contributed by atoms with Gasteiger partial charge in [0.2, 0.25) is 11.8 Å². The highest BCUT2D eigenvalue weighted by atomic mass is 16.8. The highest BCUT2D eigenvalue weighted by Gasteiger charge is 2.59. The molecular weight excluding hydrogens is 572 g/mol. The second-order valence-electron chi connectivity index (χ2n) is 10.2. The Bertz CT molecular complexity index is 956. The quantitative estimate of drug-likeness (QED) is 0.0776. The number of rotatable bonds is 23. The number of hydrogen-bond acceptors (Lipinski definition) is 14. The number of carbonyl (C=O) groups is 2. The summed E-state index contributed by atoms with van der Waals surface area (Å²) in [5, 5.41) is 34.3. The molecule has 17 heteroatoms. The van der Waals surface area contributed by atoms with E-state index in [0.29, 0.717) is 91.0 Å². The minimum atomic E-state index is -1.28. The van der Waals surface area contributed by atoms with Crippen LogP contribution in [0.4, 0.5) is 0 Å². The van der Waals surface area contributed by atoms with Gasteiger partial charge in [0.15, 0.2) is 6.29 Å². The normalized spacial score (nSPS) is 24.7. The van der Waals surface area contributed by atoms with E-state index in [1.807, 2.05) is 0 Å². The highest BCUT2D eigenvalue weighted by molar-refractivity contribution is 5.75. The number of aliphatic hydroxyl groups excluding tert-OH is 2. The molecular formula is C26H46N6O11. The molecule has 2 amide bonds. The molecule has 2 aliphatic heterocycles. The molecule has 5 atom stereocenters. The van der Waals surface area contributed by atoms with Crippen LogP contribution in [0.25, 0.3) is 0 Å². The summed E-state index contributed by atoms with van der Waals surface area (Å²) in [6.07, 6.45) is -0.493. The zero-order valence-corrected chi connectivity index (χ0v) is 24.7. The fraction of sp³-hybridized carbons (Fsp3) is 0.846. The second kappa shape index (κ2) is 19.1. The van der Waals surface area contributed by atoms with Crippen LogP contribution in [-0.2, 0) is 55.9 Å². The highest BCUT2D eigenvalue weighted by Crippen LogP contribution is 2.37. The number of fused-ring (bicyclic) bond motifs is 2. The molecule has 17 nitrogen and oxygen atoms in total. The maximum atomic E-state index is 11.5. The summed E-state index contributed by atoms with van der Waals surface area (Å²) in [4.78, 5) is 22.8. The SMILES string of the molecule is CC(=O)N[C@H]1[C@H]2OC[C@@](COCCOCCOCCOCCn3cc(COCCNC(=O)CCCN)nn3)(O2)[C@H](O)[C@@H]1O. The molecule has 0 spiro atoms. The molecule has 2 fully saturated rings. The Hall–Kier alpha value is -2.32. The number of nitrogens with zero attached hydrogens (tertiary/aromatic N) is 3. The van der Waals surface area contributed by atoms with Gasteiger partial charge in [-0.3, -0.25) is 9.59 Å². The van der Waals surface area contributed by atoms with Gasteiger partial charge in [-0.2, -0.15) is 0 Å². The van der Waals surface area contributed by atoms with Gasteiger partial charge in [-0.15, -0.1) is 5.10 Å². The Morgan fingerprint density at radius 3 is 2.47 bits per heavy atom. The number of ether oxygens (including phenoxy) is 7. The summed E-state index contributed by atoms with van der Waals surface area (Å²) < 4.78 is 40.6. The third-order valence-electron chi connectivity index (χ3n) is 6.68. The lowest BCUT2D eigenvalue weighted by molar-refractivity contribution is -0.238. The lowest BCUT2D eigenvalue weighted by atomic mass is 9.88. The minimum Gasteiger partial charge on any atom is -0.388 e. The molecule has 1 aromatic heterocycles. The van der Waals surface area contributed by atoms with Gasteiger partial charge >= 0.3 is 0 Å². The van der Waals surface area contributed by atoms with Crippen molar-refractivity contribution in [1.82, 2.24) is 25.6 Å². The van der Waals surface area contributed by atoms with Crippen LogP contribution in [0, 0.1) is 0 Å². The molecule has 246 valence electrons. The van der Waals surface area contributed by atoms with Crippen LogP contribution in [0.5, 0.6) is 0 Å². The van der Waals surface area contributed by atoms with E-state index in [-0.39, 0.29) is 31.6 Å². The standard InChI is InChI=1S/C26H46N6O11/c1-19(33)29-22-23(35)24(36)26(18-42-25(22)43-26)17-41-14-13-39-12-11-38-10-9-37-8-6-32-15-20(30-31-32)16-40-7-5-28-21(34)3-2-4-27/h15,22-25,35-36H,2-14,16-18,27H2,1H3,(H,28,34)(H,29,33)/t22-,23-,24-,25+,26-/m1/s1. The van der Waals surface area contributed by atoms with Gasteiger partial charge in [-0.1, -0.05) is 5.21 Å². The van der Waals surface area contributed by atoms with Gasteiger partial charge in [-0.05, 0) is 13.0 Å². The van der Waals surface area contributed by atoms with Crippen molar-refractivity contribution in [3.05, 3.63) is 11.9 Å². The fourth-order valence-electron chi connectivity index (χ4n) is 4.44. The average molecular weight is 619 g/mol. The molecule has 2 aliphatic rings. The molecule has 0 aliphatic carbocycles. The molecule has 6 N–H and O–H groups in total. The maximum absolute atomic E-state index is 11.5. The summed E-state index contributed by atoms with van der Waals surface area (Å²) >= 11 is 0. The van der Waals surface area contributed by atoms with Crippen LogP contribution in [0.2, 0.25) is 0 Å². The van der Waals surface area contributed by atoms with Crippen LogP contribution < -0.4 is 16.4 Å². The zero-order chi connectivity index (χ0) is 30.9. The number of aliphatic hydroxyl groups is 2. The molecule has 43 heavy (non-hydrogen) atoms. The van der Waals surface area contributed by atoms with Gasteiger partial charge < -0.3 is 59.7 Å². The average Bonchev–Trinajstić information content (AvgIpc) is 3.62. The molecule has 3 rings (SSSR count). The van der Waals surface area contributed by atoms with Crippen molar-refractivity contribution in [3.8, 4) is 0 Å². The fourth-order valence-corrected chi connectivity index (χ4v) is 4.44. The van der Waals surface area contributed by atoms with Crippen molar-refractivity contribution in [2.75, 3.05) is 79.2 Å². The van der Waals surface area contributed by atoms with Crippen molar-refractivity contribution in [1.29, 1.82) is 0 Å². The van der Waals surface area contributed by atoms with E-state index in [0.717, 1.165) is 0 Å². The summed E-state index contributed by atoms with van der Waals surface area (Å²) in [5.41, 5.74) is 4.88. The summed E-state index contributed by atoms with van der Waals surface area (Å²) in [6.45, 7) is 6.14. The number of carbonyl (C=O) groups excluding carboxylic acids is 2. The molecule has 0 aromatic carbocycles. The summed E-state index contributed by atoms with van der Waals surface area (Å²) in [7, 11) is 0. The van der Waals surface area contributed by atoms with Crippen LogP contribution in [0.15, 0.2) is 6.20 Å². The Morgan fingerprint density at radius 2 is 1.77 bits per heavy atom. The van der Waals surface area contributed by atoms with E-state index in [1.54, 1.807) is 10.9 Å². The van der Waals surface area contributed by atoms with Crippen molar-refractivity contribution in [2.45, 2.75) is 63.1 Å². The van der Waals surface area contributed by atoms with Gasteiger partial charge in [0.05, 0.1) is 85.4 Å². The molecule has 0 radical (unpaired) electrons. The van der Waals surface area contributed by atoms with Crippen LogP contribution in [0.3, 0.4) is 0 Å². The second-order valence-corrected chi connectivity index (χ2v) is 10.2. The van der Waals surface area contributed by atoms with Crippen LogP contribution in [-0.4, -0.2) is 146 Å². The Balaban J connectivity index is 1.11. The Kier molecular flexibility index (Phi) is 15.7. The number of aromatic nitrogens is 3. The van der Waals surface area contributed by atoms with E-state index >= 15 is 0 Å². The van der Waals surface area contributed by atoms with Gasteiger partial charge in [-0.25, -0.2) is 4.68 Å². The first kappa shape index (κ1) is 35.2. The van der Waals surface area contributed by atoms with Gasteiger partial charge in [0.25, 0.3) is 0 Å². The zero-order valence-electron chi connectivity index (χ0n) is 24.7. The van der Waals surface area contributed by atoms with E-state index in [2.05, 4.69) is 20.9 Å². The first-order chi connectivity index (χ1) is 20.8. The van der Waals surface area contributed by atoms with E-state index in [9.17, 15) is 19.8 Å². The monoisotopic (exact) mass is 618 g/mol. The molecule has 2 bridgehead atoms. The molecule has 1 aromatic rings. The van der Waals surface area contributed by atoms with E-state index in [4.69, 9.17) is 38.9 Å². The molecule has 0 saturated carbocycles. The third kappa shape index (κ3) is 11.9. The molecule has 3 heterocycles. The van der Waals surface area contributed by atoms with E-state index < -0.39 is 30.1 Å². The Labute approximate surface area is 250 Å². The number of hydrogen-bond donors (Lipinski definition) is 5. The topological polar surface area (TPSA) is 220 Å². The lowest BCUT2D eigenvalue weighted by Crippen LogP contribution is -2.66. The Morgan fingerprint density at radius 1 is 1.07 bits per heavy atom. The van der Waals surface area contributed by atoms with E-state index in [1.165, 1.54) is 6.92 Å². The van der Waals surface area contributed by atoms with Gasteiger partial charge in [0.1, 0.15) is 29.5 Å². The lowest BCUT2D eigenvalue weighted by Gasteiger charge is -2.42. The van der Waals surface area contributed by atoms with Crippen molar-refractivity contribution < 1.29 is 53.0 Å². The summed E-state index contributed by atoms with van der Waals surface area (Å²) in [6, 6.07) is -0.851. The first-order valence-corrected chi connectivity index (χ1v) is 14.5. The smallest absolute Gasteiger partial charge is 0.220 e. The minimum absolute atomic E-state index is 0.00651. The predicted molar refractivity (Wildman–Crippen MR) is 147 cm³/mol. The number of nitrogens with two attached hydrogens (primary N) is 1. The van der Waals surface area contributed by atoms with Crippen LogP contribution in [0.1, 0.15) is 25.5 Å². The third-order valence-corrected chi connectivity index (χ3v) is 6.68. The molecule has 2 saturated heterocycles. The first-order valence-electron chi connectivity index (χ1n) is 14.5. The molecule has 0 unspecified atom stereocenters. The van der Waals surface area contributed by atoms with Gasteiger partial charge in [0, 0.05) is 19.9 Å².